The molecule has 4 N–H and O–H groups in total. The average molecular weight is 381 g/mol. The minimum absolute atomic E-state index is 0. The van der Waals surface area contributed by atoms with Gasteiger partial charge in [0.05, 0.1) is 0 Å². The topological polar surface area (TPSA) is 149 Å². The number of carboxylic acids is 4. The summed E-state index contributed by atoms with van der Waals surface area (Å²) < 4.78 is 0. The highest BCUT2D eigenvalue weighted by Gasteiger charge is 1.89. The summed E-state index contributed by atoms with van der Waals surface area (Å²) in [5.74, 6) is -2.84. The summed E-state index contributed by atoms with van der Waals surface area (Å²) in [4.78, 5) is 38.4. The van der Waals surface area contributed by atoms with Crippen LogP contribution in [0.1, 0.15) is 79.1 Å². The maximum Gasteiger partial charge on any atom is 0.303 e. The molecule has 0 heterocycles. The van der Waals surface area contributed by atoms with Crippen molar-refractivity contribution in [2.24, 2.45) is 0 Å². The van der Waals surface area contributed by atoms with Gasteiger partial charge in [-0.2, -0.15) is 0 Å². The van der Waals surface area contributed by atoms with E-state index in [1.165, 1.54) is 0 Å². The molecule has 0 saturated carbocycles. The summed E-state index contributed by atoms with van der Waals surface area (Å²) in [6.07, 6.45) is 4.09. The standard InChI is InChI=1S/4C4H8O2.Si/c4*1-2-3-4(5)6;/h4*2-3H2,1H3,(H,5,6);. The zero-order valence-corrected chi connectivity index (χ0v) is 16.6. The second-order valence-corrected chi connectivity index (χ2v) is 4.57. The van der Waals surface area contributed by atoms with Crippen molar-refractivity contribution < 1.29 is 39.6 Å². The highest BCUT2D eigenvalue weighted by molar-refractivity contribution is 5.75. The third kappa shape index (κ3) is 87.5. The molecule has 8 nitrogen and oxygen atoms in total. The Kier molecular flexibility index (Phi) is 41.4. The molecule has 0 bridgehead atoms. The minimum Gasteiger partial charge on any atom is -0.481 e. The lowest BCUT2D eigenvalue weighted by atomic mass is 10.4. The third-order valence-corrected chi connectivity index (χ3v) is 1.86. The molecule has 0 aromatic heterocycles. The van der Waals surface area contributed by atoms with E-state index in [0.29, 0.717) is 25.7 Å². The van der Waals surface area contributed by atoms with Crippen LogP contribution in [0.25, 0.3) is 0 Å². The molecule has 0 fully saturated rings. The maximum atomic E-state index is 9.60. The molecular weight excluding hydrogens is 348 g/mol. The van der Waals surface area contributed by atoms with E-state index in [9.17, 15) is 19.2 Å². The molecule has 4 radical (unpaired) electrons. The molecule has 0 unspecified atom stereocenters. The first-order valence-corrected chi connectivity index (χ1v) is 7.95. The Labute approximate surface area is 154 Å². The van der Waals surface area contributed by atoms with Crippen LogP contribution in [0.2, 0.25) is 0 Å². The molecule has 25 heavy (non-hydrogen) atoms. The number of hydrogen-bond donors (Lipinski definition) is 4. The normalized spacial score (nSPS) is 7.84. The van der Waals surface area contributed by atoms with Crippen LogP contribution in [0.15, 0.2) is 0 Å². The molecule has 0 saturated heterocycles. The van der Waals surface area contributed by atoms with Crippen molar-refractivity contribution in [1.29, 1.82) is 0 Å². The van der Waals surface area contributed by atoms with Gasteiger partial charge in [-0.25, -0.2) is 0 Å². The molecular formula is C16H32O8Si. The smallest absolute Gasteiger partial charge is 0.303 e. The molecule has 0 atom stereocenters. The van der Waals surface area contributed by atoms with Crippen LogP contribution in [0.4, 0.5) is 0 Å². The van der Waals surface area contributed by atoms with Gasteiger partial charge in [-0.3, -0.25) is 19.2 Å². The lowest BCUT2D eigenvalue weighted by Gasteiger charge is -1.79. The van der Waals surface area contributed by atoms with Crippen molar-refractivity contribution in [1.82, 2.24) is 0 Å². The van der Waals surface area contributed by atoms with Crippen molar-refractivity contribution in [2.75, 3.05) is 0 Å². The predicted molar refractivity (Wildman–Crippen MR) is 95.9 cm³/mol. The Balaban J connectivity index is -0.0000000702. The lowest BCUT2D eigenvalue weighted by Crippen LogP contribution is -1.90. The Morgan fingerprint density at radius 3 is 0.600 bits per heavy atom. The van der Waals surface area contributed by atoms with Crippen molar-refractivity contribution in [3.63, 3.8) is 0 Å². The van der Waals surface area contributed by atoms with Gasteiger partial charge in [-0.15, -0.1) is 0 Å². The van der Waals surface area contributed by atoms with Gasteiger partial charge >= 0.3 is 23.9 Å². The van der Waals surface area contributed by atoms with Gasteiger partial charge < -0.3 is 20.4 Å². The lowest BCUT2D eigenvalue weighted by molar-refractivity contribution is -0.138. The van der Waals surface area contributed by atoms with Gasteiger partial charge in [-0.1, -0.05) is 27.7 Å². The number of rotatable bonds is 8. The van der Waals surface area contributed by atoms with E-state index in [4.69, 9.17) is 20.4 Å². The number of hydrogen-bond acceptors (Lipinski definition) is 4. The number of carbonyl (C=O) groups is 4. The number of carboxylic acid groups (broad SMARTS) is 4. The summed E-state index contributed by atoms with van der Waals surface area (Å²) in [5, 5.41) is 31.7. The van der Waals surface area contributed by atoms with E-state index in [0.717, 1.165) is 25.7 Å². The highest BCUT2D eigenvalue weighted by Crippen LogP contribution is 1.83. The van der Waals surface area contributed by atoms with Gasteiger partial charge in [0, 0.05) is 36.6 Å². The van der Waals surface area contributed by atoms with E-state index in [-0.39, 0.29) is 11.0 Å². The third-order valence-electron chi connectivity index (χ3n) is 1.86. The summed E-state index contributed by atoms with van der Waals surface area (Å²) in [6.45, 7) is 7.37. The van der Waals surface area contributed by atoms with Gasteiger partial charge in [0.1, 0.15) is 0 Å². The van der Waals surface area contributed by atoms with Crippen LogP contribution >= 0.6 is 0 Å². The largest absolute Gasteiger partial charge is 0.481 e. The van der Waals surface area contributed by atoms with Crippen LogP contribution in [-0.4, -0.2) is 55.3 Å². The average Bonchev–Trinajstić information content (AvgIpc) is 2.39. The molecule has 0 aromatic carbocycles. The van der Waals surface area contributed by atoms with E-state index < -0.39 is 23.9 Å². The van der Waals surface area contributed by atoms with Gasteiger partial charge in [0.25, 0.3) is 0 Å². The Bertz CT molecular complexity index is 268. The SMILES string of the molecule is CCCC(=O)O.CCCC(=O)O.CCCC(=O)O.CCCC(=O)O.[Si]. The fourth-order valence-corrected chi connectivity index (χ4v) is 0.855. The van der Waals surface area contributed by atoms with E-state index in [1.54, 1.807) is 0 Å². The predicted octanol–water partition coefficient (Wildman–Crippen LogP) is 3.10. The molecule has 0 spiro atoms. The fourth-order valence-electron chi connectivity index (χ4n) is 0.855. The molecule has 0 aliphatic carbocycles. The number of aliphatic carboxylic acids is 4. The Morgan fingerprint density at radius 1 is 0.480 bits per heavy atom. The molecule has 0 aliphatic rings. The van der Waals surface area contributed by atoms with E-state index in [1.807, 2.05) is 27.7 Å². The Hall–Kier alpha value is -1.90. The first-order valence-electron chi connectivity index (χ1n) is 7.95. The van der Waals surface area contributed by atoms with E-state index in [2.05, 4.69) is 0 Å². The Morgan fingerprint density at radius 2 is 0.600 bits per heavy atom. The maximum absolute atomic E-state index is 9.60. The zero-order valence-electron chi connectivity index (χ0n) is 15.6. The van der Waals surface area contributed by atoms with Crippen LogP contribution < -0.4 is 0 Å². The molecule has 0 amide bonds. The van der Waals surface area contributed by atoms with Crippen LogP contribution in [-0.2, 0) is 19.2 Å². The monoisotopic (exact) mass is 380 g/mol. The van der Waals surface area contributed by atoms with Crippen LogP contribution in [0.3, 0.4) is 0 Å². The first-order chi connectivity index (χ1) is 11.1. The van der Waals surface area contributed by atoms with Crippen molar-refractivity contribution in [3.8, 4) is 0 Å². The second-order valence-electron chi connectivity index (χ2n) is 4.57. The van der Waals surface area contributed by atoms with Crippen molar-refractivity contribution in [3.05, 3.63) is 0 Å². The van der Waals surface area contributed by atoms with E-state index >= 15 is 0 Å². The summed E-state index contributed by atoms with van der Waals surface area (Å²) in [7, 11) is 0. The minimum atomic E-state index is -0.711. The summed E-state index contributed by atoms with van der Waals surface area (Å²) >= 11 is 0. The van der Waals surface area contributed by atoms with Crippen molar-refractivity contribution >= 4 is 34.8 Å². The van der Waals surface area contributed by atoms with Gasteiger partial charge in [0.15, 0.2) is 0 Å². The van der Waals surface area contributed by atoms with Crippen LogP contribution in [0, 0.1) is 0 Å². The highest BCUT2D eigenvalue weighted by atomic mass is 28.1. The molecule has 148 valence electrons. The van der Waals surface area contributed by atoms with Crippen LogP contribution in [0.5, 0.6) is 0 Å². The summed E-state index contributed by atoms with van der Waals surface area (Å²) in [6, 6.07) is 0. The molecule has 0 aliphatic heterocycles. The zero-order chi connectivity index (χ0) is 20.0. The van der Waals surface area contributed by atoms with Crippen molar-refractivity contribution in [2.45, 2.75) is 79.1 Å². The fraction of sp³-hybridized carbons (Fsp3) is 0.750. The molecule has 9 heteroatoms. The van der Waals surface area contributed by atoms with Gasteiger partial charge in [0.2, 0.25) is 0 Å². The summed E-state index contributed by atoms with van der Waals surface area (Å²) in [5.41, 5.74) is 0. The quantitative estimate of drug-likeness (QED) is 0.469. The first kappa shape index (κ1) is 34.4. The molecule has 0 aromatic rings. The molecule has 0 rings (SSSR count). The second kappa shape index (κ2) is 30.0. The van der Waals surface area contributed by atoms with Gasteiger partial charge in [-0.05, 0) is 25.7 Å².